The van der Waals surface area contributed by atoms with E-state index in [0.717, 1.165) is 18.1 Å². The molecule has 0 aliphatic carbocycles. The minimum Gasteiger partial charge on any atom is -0.365 e. The number of fused-ring (bicyclic) bond motifs is 1. The molecule has 0 saturated heterocycles. The second-order valence-electron chi connectivity index (χ2n) is 6.37. The van der Waals surface area contributed by atoms with Gasteiger partial charge >= 0.3 is 6.18 Å². The van der Waals surface area contributed by atoms with E-state index >= 15 is 0 Å². The summed E-state index contributed by atoms with van der Waals surface area (Å²) in [5.41, 5.74) is -0.163. The van der Waals surface area contributed by atoms with Crippen LogP contribution in [-0.4, -0.2) is 24.2 Å². The van der Waals surface area contributed by atoms with Crippen LogP contribution in [0.2, 0.25) is 0 Å². The molecule has 22 heavy (non-hydrogen) atoms. The lowest BCUT2D eigenvalue weighted by Crippen LogP contribution is -2.49. The van der Waals surface area contributed by atoms with Crippen LogP contribution in [0.3, 0.4) is 0 Å². The third kappa shape index (κ3) is 2.96. The first-order valence-corrected chi connectivity index (χ1v) is 7.69. The topological polar surface area (TPSA) is 20.3 Å². The average molecular weight is 334 g/mol. The maximum atomic E-state index is 13.2. The number of benzene rings is 1. The molecule has 0 aromatic heterocycles. The summed E-state index contributed by atoms with van der Waals surface area (Å²) in [4.78, 5) is 13.0. The molecule has 0 radical (unpaired) electrons. The summed E-state index contributed by atoms with van der Waals surface area (Å²) in [6, 6.07) is 2.48. The van der Waals surface area contributed by atoms with Crippen LogP contribution >= 0.6 is 11.6 Å². The predicted octanol–water partition coefficient (Wildman–Crippen LogP) is 4.85. The van der Waals surface area contributed by atoms with Crippen molar-refractivity contribution in [1.29, 1.82) is 0 Å². The third-order valence-electron chi connectivity index (χ3n) is 4.30. The summed E-state index contributed by atoms with van der Waals surface area (Å²) in [6.45, 7) is 6.44. The fourth-order valence-corrected chi connectivity index (χ4v) is 3.57. The number of rotatable bonds is 3. The van der Waals surface area contributed by atoms with E-state index in [1.54, 1.807) is 0 Å². The van der Waals surface area contributed by atoms with Crippen molar-refractivity contribution in [2.24, 2.45) is 0 Å². The van der Waals surface area contributed by atoms with Gasteiger partial charge in [-0.05, 0) is 43.9 Å². The number of carbonyl (C=O) groups is 1. The van der Waals surface area contributed by atoms with Gasteiger partial charge in [0.2, 0.25) is 0 Å². The summed E-state index contributed by atoms with van der Waals surface area (Å²) in [6.07, 6.45) is -3.48. The van der Waals surface area contributed by atoms with E-state index in [2.05, 4.69) is 0 Å². The average Bonchev–Trinajstić information content (AvgIpc) is 2.40. The van der Waals surface area contributed by atoms with Crippen LogP contribution in [0.15, 0.2) is 12.1 Å². The Morgan fingerprint density at radius 2 is 2.05 bits per heavy atom. The lowest BCUT2D eigenvalue weighted by Gasteiger charge is -2.47. The van der Waals surface area contributed by atoms with Crippen molar-refractivity contribution in [2.45, 2.75) is 44.8 Å². The molecule has 0 amide bonds. The van der Waals surface area contributed by atoms with E-state index < -0.39 is 11.7 Å². The van der Waals surface area contributed by atoms with Crippen molar-refractivity contribution in [3.8, 4) is 0 Å². The van der Waals surface area contributed by atoms with Crippen LogP contribution in [0.5, 0.6) is 0 Å². The zero-order valence-electron chi connectivity index (χ0n) is 12.8. The minimum absolute atomic E-state index is 0.0811. The zero-order valence-corrected chi connectivity index (χ0v) is 13.6. The van der Waals surface area contributed by atoms with Crippen molar-refractivity contribution in [1.82, 2.24) is 0 Å². The van der Waals surface area contributed by atoms with Gasteiger partial charge in [0, 0.05) is 29.2 Å². The van der Waals surface area contributed by atoms with E-state index in [9.17, 15) is 18.0 Å². The molecule has 0 N–H and O–H groups in total. The lowest BCUT2D eigenvalue weighted by atomic mass is 9.79. The van der Waals surface area contributed by atoms with Crippen LogP contribution in [0.25, 0.3) is 0 Å². The van der Waals surface area contributed by atoms with E-state index in [1.165, 1.54) is 6.07 Å². The Hall–Kier alpha value is -1.23. The van der Waals surface area contributed by atoms with Crippen molar-refractivity contribution in [2.75, 3.05) is 17.3 Å². The Morgan fingerprint density at radius 1 is 1.41 bits per heavy atom. The largest absolute Gasteiger partial charge is 0.417 e. The number of halogens is 4. The summed E-state index contributed by atoms with van der Waals surface area (Å²) >= 11 is 5.83. The number of carbonyl (C=O) groups excluding carboxylic acids is 1. The first-order chi connectivity index (χ1) is 10.1. The Labute approximate surface area is 133 Å². The molecule has 2 rings (SSSR count). The Kier molecular flexibility index (Phi) is 4.49. The van der Waals surface area contributed by atoms with Gasteiger partial charge in [-0.25, -0.2) is 0 Å². The summed E-state index contributed by atoms with van der Waals surface area (Å²) in [7, 11) is 0. The molecule has 1 aliphatic rings. The molecule has 1 aromatic rings. The van der Waals surface area contributed by atoms with E-state index in [4.69, 9.17) is 11.6 Å². The molecule has 0 fully saturated rings. The molecule has 0 bridgehead atoms. The minimum atomic E-state index is -4.55. The number of nitrogens with zero attached hydrogens (tertiary/aromatic N) is 1. The number of hydrogen-bond donors (Lipinski definition) is 0. The molecule has 1 heterocycles. The second kappa shape index (κ2) is 5.76. The molecule has 1 aliphatic heterocycles. The number of hydrogen-bond acceptors (Lipinski definition) is 2. The van der Waals surface area contributed by atoms with Crippen molar-refractivity contribution >= 4 is 23.6 Å². The molecule has 1 atom stereocenters. The summed E-state index contributed by atoms with van der Waals surface area (Å²) in [5, 5.41) is 0. The first-order valence-electron chi connectivity index (χ1n) is 7.15. The van der Waals surface area contributed by atoms with Crippen LogP contribution in [0, 0.1) is 0 Å². The monoisotopic (exact) mass is 333 g/mol. The van der Waals surface area contributed by atoms with Gasteiger partial charge in [-0.3, -0.25) is 4.79 Å². The fourth-order valence-electron chi connectivity index (χ4n) is 3.40. The highest BCUT2D eigenvalue weighted by molar-refractivity contribution is 6.18. The van der Waals surface area contributed by atoms with Crippen molar-refractivity contribution in [3.63, 3.8) is 0 Å². The lowest BCUT2D eigenvalue weighted by molar-refractivity contribution is -0.137. The molecule has 122 valence electrons. The predicted molar refractivity (Wildman–Crippen MR) is 82.0 cm³/mol. The molecule has 0 spiro atoms. The van der Waals surface area contributed by atoms with E-state index in [1.807, 2.05) is 25.7 Å². The molecule has 1 aromatic carbocycles. The van der Waals surface area contributed by atoms with Gasteiger partial charge in [-0.2, -0.15) is 13.2 Å². The number of anilines is 1. The second-order valence-corrected chi connectivity index (χ2v) is 6.75. The molecule has 1 unspecified atom stereocenters. The molecule has 2 nitrogen and oxygen atoms in total. The van der Waals surface area contributed by atoms with Crippen LogP contribution in [-0.2, 0) is 6.18 Å². The van der Waals surface area contributed by atoms with Crippen LogP contribution in [0.4, 0.5) is 18.9 Å². The van der Waals surface area contributed by atoms with Gasteiger partial charge in [-0.1, -0.05) is 6.92 Å². The highest BCUT2D eigenvalue weighted by atomic mass is 35.5. The van der Waals surface area contributed by atoms with Crippen molar-refractivity contribution in [3.05, 3.63) is 28.8 Å². The molecular weight excluding hydrogens is 315 g/mol. The standard InChI is InChI=1S/C16H19ClF3NO/c1-10-8-15(2,3)21(5-4-17)14-7-13(16(18,19)20)11(9-22)6-12(10)14/h6-7,9-10H,4-5,8H2,1-3H3. The molecular formula is C16H19ClF3NO. The van der Waals surface area contributed by atoms with Gasteiger partial charge in [0.25, 0.3) is 0 Å². The fraction of sp³-hybridized carbons (Fsp3) is 0.562. The third-order valence-corrected chi connectivity index (χ3v) is 4.47. The Balaban J connectivity index is 2.69. The highest BCUT2D eigenvalue weighted by Gasteiger charge is 2.40. The first kappa shape index (κ1) is 17.1. The van der Waals surface area contributed by atoms with Crippen molar-refractivity contribution < 1.29 is 18.0 Å². The number of aldehydes is 1. The Morgan fingerprint density at radius 3 is 2.55 bits per heavy atom. The SMILES string of the molecule is CC1CC(C)(C)N(CCCl)c2cc(C(F)(F)F)c(C=O)cc21. The van der Waals surface area contributed by atoms with Gasteiger partial charge in [0.15, 0.2) is 6.29 Å². The van der Waals surface area contributed by atoms with Gasteiger partial charge in [0.1, 0.15) is 0 Å². The highest BCUT2D eigenvalue weighted by Crippen LogP contribution is 2.46. The maximum absolute atomic E-state index is 13.2. The van der Waals surface area contributed by atoms with Crippen LogP contribution < -0.4 is 4.90 Å². The quantitative estimate of drug-likeness (QED) is 0.582. The molecule has 6 heteroatoms. The number of alkyl halides is 4. The zero-order chi connectivity index (χ0) is 16.7. The maximum Gasteiger partial charge on any atom is 0.417 e. The molecule has 0 saturated carbocycles. The van der Waals surface area contributed by atoms with Gasteiger partial charge < -0.3 is 4.90 Å². The smallest absolute Gasteiger partial charge is 0.365 e. The van der Waals surface area contributed by atoms with Gasteiger partial charge in [-0.15, -0.1) is 11.6 Å². The van der Waals surface area contributed by atoms with E-state index in [0.29, 0.717) is 18.1 Å². The normalized spacial score (nSPS) is 20.7. The van der Waals surface area contributed by atoms with E-state index in [-0.39, 0.29) is 23.3 Å². The van der Waals surface area contributed by atoms with Gasteiger partial charge in [0.05, 0.1) is 5.56 Å². The van der Waals surface area contributed by atoms with Crippen LogP contribution in [0.1, 0.15) is 54.6 Å². The Bertz CT molecular complexity index is 583. The summed E-state index contributed by atoms with van der Waals surface area (Å²) < 4.78 is 39.6. The summed E-state index contributed by atoms with van der Waals surface area (Å²) in [5.74, 6) is 0.408.